The van der Waals surface area contributed by atoms with Crippen molar-refractivity contribution in [1.29, 1.82) is 0 Å². The Morgan fingerprint density at radius 3 is 2.52 bits per heavy atom. The molecule has 2 fully saturated rings. The van der Waals surface area contributed by atoms with Crippen molar-refractivity contribution in [3.05, 3.63) is 53.8 Å². The summed E-state index contributed by atoms with van der Waals surface area (Å²) < 4.78 is 62.2. The highest BCUT2D eigenvalue weighted by Gasteiger charge is 2.39. The Bertz CT molecular complexity index is 1350. The molecule has 0 spiro atoms. The van der Waals surface area contributed by atoms with E-state index in [0.717, 1.165) is 18.7 Å². The third-order valence-corrected chi connectivity index (χ3v) is 7.98. The molecule has 226 valence electrons. The molecule has 2 aromatic rings. The van der Waals surface area contributed by atoms with Crippen LogP contribution in [0.5, 0.6) is 0 Å². The van der Waals surface area contributed by atoms with E-state index in [4.69, 9.17) is 4.74 Å². The van der Waals surface area contributed by atoms with Gasteiger partial charge in [-0.3, -0.25) is 9.69 Å². The van der Waals surface area contributed by atoms with Crippen LogP contribution in [0.25, 0.3) is 11.1 Å². The molecular formula is C29H35F4N7O2. The minimum absolute atomic E-state index is 0.0451. The minimum Gasteiger partial charge on any atom is -0.387 e. The lowest BCUT2D eigenvalue weighted by Gasteiger charge is -2.29. The van der Waals surface area contributed by atoms with Crippen LogP contribution in [-0.2, 0) is 9.53 Å². The second kappa shape index (κ2) is 12.3. The van der Waals surface area contributed by atoms with E-state index in [2.05, 4.69) is 39.3 Å². The molecular weight excluding hydrogens is 554 g/mol. The molecule has 4 heterocycles. The zero-order chi connectivity index (χ0) is 30.0. The first-order valence-corrected chi connectivity index (χ1v) is 14.0. The van der Waals surface area contributed by atoms with E-state index in [1.807, 2.05) is 16.8 Å². The molecule has 3 aliphatic rings. The summed E-state index contributed by atoms with van der Waals surface area (Å²) in [6.07, 6.45) is 1.12. The monoisotopic (exact) mass is 589 g/mol. The number of alkyl halides is 3. The van der Waals surface area contributed by atoms with Crippen molar-refractivity contribution in [2.75, 3.05) is 68.1 Å². The minimum atomic E-state index is -4.70. The molecule has 1 atom stereocenters. The van der Waals surface area contributed by atoms with Crippen molar-refractivity contribution >= 4 is 23.2 Å². The third kappa shape index (κ3) is 6.36. The second-order valence-electron chi connectivity index (χ2n) is 10.9. The Morgan fingerprint density at radius 2 is 1.86 bits per heavy atom. The first kappa shape index (κ1) is 29.8. The van der Waals surface area contributed by atoms with E-state index in [1.165, 1.54) is 24.5 Å². The Hall–Kier alpha value is -3.71. The normalized spacial score (nSPS) is 19.6. The number of nitrogens with one attached hydrogen (secondary N) is 2. The summed E-state index contributed by atoms with van der Waals surface area (Å²) >= 11 is 0. The number of benzene rings is 1. The van der Waals surface area contributed by atoms with Crippen LogP contribution < -0.4 is 20.4 Å². The van der Waals surface area contributed by atoms with Gasteiger partial charge in [0.25, 0.3) is 5.91 Å². The molecule has 0 radical (unpaired) electrons. The average Bonchev–Trinajstić information content (AvgIpc) is 3.47. The molecule has 0 bridgehead atoms. The molecule has 1 amide bonds. The summed E-state index contributed by atoms with van der Waals surface area (Å²) in [5.41, 5.74) is -0.455. The summed E-state index contributed by atoms with van der Waals surface area (Å²) in [5.74, 6) is -1.01. The van der Waals surface area contributed by atoms with E-state index in [9.17, 15) is 18.0 Å². The van der Waals surface area contributed by atoms with Crippen LogP contribution in [0, 0.1) is 5.82 Å². The largest absolute Gasteiger partial charge is 0.416 e. The summed E-state index contributed by atoms with van der Waals surface area (Å²) in [5, 5.41) is 5.33. The van der Waals surface area contributed by atoms with Gasteiger partial charge in [0.15, 0.2) is 0 Å². The van der Waals surface area contributed by atoms with E-state index in [-0.39, 0.29) is 23.8 Å². The maximum absolute atomic E-state index is 15.7. The number of hydrogen-bond donors (Lipinski definition) is 2. The third-order valence-electron chi connectivity index (χ3n) is 7.98. The van der Waals surface area contributed by atoms with Gasteiger partial charge in [0.2, 0.25) is 5.95 Å². The van der Waals surface area contributed by atoms with Crippen LogP contribution in [0.15, 0.2) is 47.9 Å². The second-order valence-corrected chi connectivity index (χ2v) is 10.9. The Kier molecular flexibility index (Phi) is 8.69. The number of likely N-dealkylation sites (N-methyl/N-ethyl adjacent to an activating group) is 1. The molecule has 2 N–H and O–H groups in total. The van der Waals surface area contributed by atoms with Crippen molar-refractivity contribution in [2.45, 2.75) is 38.5 Å². The van der Waals surface area contributed by atoms with Crippen molar-refractivity contribution in [3.63, 3.8) is 0 Å². The zero-order valence-electron chi connectivity index (χ0n) is 23.8. The highest BCUT2D eigenvalue weighted by molar-refractivity contribution is 6.09. The summed E-state index contributed by atoms with van der Waals surface area (Å²) in [6.45, 7) is 7.71. The van der Waals surface area contributed by atoms with E-state index >= 15 is 4.39 Å². The fourth-order valence-electron chi connectivity index (χ4n) is 5.40. The van der Waals surface area contributed by atoms with Crippen LogP contribution in [0.1, 0.15) is 20.3 Å². The maximum Gasteiger partial charge on any atom is 0.416 e. The van der Waals surface area contributed by atoms with Gasteiger partial charge in [-0.15, -0.1) is 0 Å². The van der Waals surface area contributed by atoms with Gasteiger partial charge in [-0.25, -0.2) is 14.4 Å². The van der Waals surface area contributed by atoms with Crippen LogP contribution in [0.3, 0.4) is 0 Å². The number of morpholine rings is 1. The number of carbonyl (C=O) groups excluding carboxylic acids is 1. The number of dihydropyridines is 1. The van der Waals surface area contributed by atoms with Gasteiger partial charge in [0.05, 0.1) is 35.7 Å². The molecule has 1 aromatic carbocycles. The smallest absolute Gasteiger partial charge is 0.387 e. The molecule has 3 aliphatic heterocycles. The number of ether oxygens (including phenoxy) is 1. The lowest BCUT2D eigenvalue weighted by molar-refractivity contribution is -0.115. The van der Waals surface area contributed by atoms with Gasteiger partial charge < -0.3 is 25.2 Å². The highest BCUT2D eigenvalue weighted by atomic mass is 19.4. The summed E-state index contributed by atoms with van der Waals surface area (Å²) in [7, 11) is 2.03. The van der Waals surface area contributed by atoms with Crippen LogP contribution in [-0.4, -0.2) is 92.0 Å². The Balaban J connectivity index is 1.48. The standard InChI is InChI=1S/C29H35F4N7O2/c1-18(2)38(3)20-5-7-40(17-20)26-13-24(30)21(19-14-35-28(36-15-19)39-8-10-42-11-9-39)12-25(26)37-27(41)22-16-34-6-4-23(22)29(31,32)33/h4,12-16,18,20,34H,5-11,17H2,1-3H3,(H,37,41)/t20-/m1/s1. The molecule has 0 saturated carbocycles. The van der Waals surface area contributed by atoms with E-state index in [0.29, 0.717) is 62.6 Å². The number of nitrogens with zero attached hydrogens (tertiary/aromatic N) is 5. The molecule has 5 rings (SSSR count). The predicted molar refractivity (Wildman–Crippen MR) is 153 cm³/mol. The van der Waals surface area contributed by atoms with E-state index < -0.39 is 29.0 Å². The van der Waals surface area contributed by atoms with Crippen LogP contribution >= 0.6 is 0 Å². The zero-order valence-corrected chi connectivity index (χ0v) is 23.8. The molecule has 0 unspecified atom stereocenters. The first-order valence-electron chi connectivity index (χ1n) is 14.0. The molecule has 9 nitrogen and oxygen atoms in total. The molecule has 1 aromatic heterocycles. The summed E-state index contributed by atoms with van der Waals surface area (Å²) in [4.78, 5) is 28.3. The number of anilines is 3. The van der Waals surface area contributed by atoms with Crippen molar-refractivity contribution in [2.24, 2.45) is 0 Å². The van der Waals surface area contributed by atoms with Gasteiger partial charge >= 0.3 is 6.18 Å². The first-order chi connectivity index (χ1) is 20.0. The van der Waals surface area contributed by atoms with Crippen LogP contribution in [0.4, 0.5) is 34.9 Å². The maximum atomic E-state index is 15.7. The SMILES string of the molecule is CC(C)N(C)[C@@H]1CCN(c2cc(F)c(-c3cnc(N4CCOCC4)nc3)cc2NC(=O)C2=CNCC=C2C(F)(F)F)C1. The number of rotatable bonds is 7. The van der Waals surface area contributed by atoms with Gasteiger partial charge in [-0.1, -0.05) is 6.08 Å². The van der Waals surface area contributed by atoms with E-state index in [1.54, 1.807) is 0 Å². The quantitative estimate of drug-likeness (QED) is 0.470. The van der Waals surface area contributed by atoms with Gasteiger partial charge in [0, 0.05) is 74.5 Å². The fourth-order valence-corrected chi connectivity index (χ4v) is 5.40. The lowest BCUT2D eigenvalue weighted by Crippen LogP contribution is -2.39. The lowest BCUT2D eigenvalue weighted by atomic mass is 10.0. The fraction of sp³-hybridized carbons (Fsp3) is 0.483. The Labute approximate surface area is 242 Å². The van der Waals surface area contributed by atoms with Gasteiger partial charge in [-0.05, 0) is 39.4 Å². The number of amides is 1. The number of halogens is 4. The van der Waals surface area contributed by atoms with Gasteiger partial charge in [-0.2, -0.15) is 13.2 Å². The van der Waals surface area contributed by atoms with Crippen LogP contribution in [0.2, 0.25) is 0 Å². The molecule has 13 heteroatoms. The molecule has 0 aliphatic carbocycles. The van der Waals surface area contributed by atoms with Crippen molar-refractivity contribution < 1.29 is 27.1 Å². The number of carbonyl (C=O) groups is 1. The van der Waals surface area contributed by atoms with Crippen molar-refractivity contribution in [3.8, 4) is 11.1 Å². The van der Waals surface area contributed by atoms with Crippen molar-refractivity contribution in [1.82, 2.24) is 20.2 Å². The Morgan fingerprint density at radius 1 is 1.14 bits per heavy atom. The molecule has 42 heavy (non-hydrogen) atoms. The van der Waals surface area contributed by atoms with Gasteiger partial charge in [0.1, 0.15) is 5.82 Å². The molecule has 2 saturated heterocycles. The number of hydrogen-bond acceptors (Lipinski definition) is 8. The average molecular weight is 590 g/mol. The predicted octanol–water partition coefficient (Wildman–Crippen LogP) is 3.95. The summed E-state index contributed by atoms with van der Waals surface area (Å²) in [6, 6.07) is 3.27. The number of aromatic nitrogens is 2. The topological polar surface area (TPSA) is 85.9 Å². The highest BCUT2D eigenvalue weighted by Crippen LogP contribution is 2.38.